The van der Waals surface area contributed by atoms with Crippen molar-refractivity contribution in [3.63, 3.8) is 0 Å². The molecule has 2 aromatic rings. The van der Waals surface area contributed by atoms with E-state index in [4.69, 9.17) is 4.74 Å². The van der Waals surface area contributed by atoms with Crippen LogP contribution in [0.3, 0.4) is 0 Å². The number of carbonyl (C=O) groups is 1. The number of anilines is 1. The van der Waals surface area contributed by atoms with E-state index in [1.807, 2.05) is 31.2 Å². The summed E-state index contributed by atoms with van der Waals surface area (Å²) >= 11 is 1.48. The van der Waals surface area contributed by atoms with E-state index in [1.54, 1.807) is 5.38 Å². The molecule has 1 N–H and O–H groups in total. The Labute approximate surface area is 147 Å². The molecule has 0 aliphatic heterocycles. The van der Waals surface area contributed by atoms with Crippen molar-refractivity contribution in [1.29, 1.82) is 0 Å². The monoisotopic (exact) mass is 344 g/mol. The molecule has 0 bridgehead atoms. The Morgan fingerprint density at radius 1 is 1.42 bits per heavy atom. The maximum atomic E-state index is 12.2. The van der Waals surface area contributed by atoms with Gasteiger partial charge < -0.3 is 10.1 Å². The fraction of sp³-hybridized carbons (Fsp3) is 0.474. The topological polar surface area (TPSA) is 51.2 Å². The molecule has 1 amide bonds. The van der Waals surface area contributed by atoms with Gasteiger partial charge in [0.1, 0.15) is 5.69 Å². The van der Waals surface area contributed by atoms with Gasteiger partial charge >= 0.3 is 0 Å². The van der Waals surface area contributed by atoms with Crippen molar-refractivity contribution in [2.24, 2.45) is 5.92 Å². The number of aryl methyl sites for hydroxylation is 1. The van der Waals surface area contributed by atoms with E-state index in [0.717, 1.165) is 35.0 Å². The molecule has 5 heteroatoms. The number of thiazole rings is 1. The summed E-state index contributed by atoms with van der Waals surface area (Å²) in [5, 5.41) is 5.58. The molecule has 2 atom stereocenters. The highest BCUT2D eigenvalue weighted by atomic mass is 32.1. The minimum absolute atomic E-state index is 0.168. The average Bonchev–Trinajstić information content (AvgIpc) is 3.00. The van der Waals surface area contributed by atoms with Gasteiger partial charge in [-0.05, 0) is 43.4 Å². The molecule has 1 saturated carbocycles. The van der Waals surface area contributed by atoms with Crippen LogP contribution in [0.5, 0.6) is 0 Å². The molecular formula is C19H24N2O2S. The number of aromatic nitrogens is 1. The molecule has 1 aromatic heterocycles. The van der Waals surface area contributed by atoms with Crippen LogP contribution in [0.25, 0.3) is 0 Å². The van der Waals surface area contributed by atoms with Crippen molar-refractivity contribution in [3.05, 3.63) is 45.9 Å². The summed E-state index contributed by atoms with van der Waals surface area (Å²) in [6, 6.07) is 7.85. The van der Waals surface area contributed by atoms with Gasteiger partial charge in [-0.2, -0.15) is 0 Å². The summed E-state index contributed by atoms with van der Waals surface area (Å²) in [5.74, 6) is 0.592. The van der Waals surface area contributed by atoms with Gasteiger partial charge in [-0.1, -0.05) is 31.9 Å². The van der Waals surface area contributed by atoms with Crippen molar-refractivity contribution >= 4 is 22.9 Å². The molecule has 1 fully saturated rings. The molecule has 1 aromatic carbocycles. The number of benzene rings is 1. The van der Waals surface area contributed by atoms with Crippen molar-refractivity contribution in [3.8, 4) is 0 Å². The predicted octanol–water partition coefficient (Wildman–Crippen LogP) is 4.80. The van der Waals surface area contributed by atoms with Crippen LogP contribution in [0.4, 0.5) is 5.69 Å². The van der Waals surface area contributed by atoms with E-state index >= 15 is 0 Å². The van der Waals surface area contributed by atoms with Crippen molar-refractivity contribution in [2.45, 2.75) is 52.2 Å². The minimum Gasteiger partial charge on any atom is -0.374 e. The summed E-state index contributed by atoms with van der Waals surface area (Å²) in [5.41, 5.74) is 2.33. The van der Waals surface area contributed by atoms with Crippen LogP contribution in [-0.4, -0.2) is 17.0 Å². The number of nitrogens with one attached hydrogen (secondary N) is 1. The first-order valence-electron chi connectivity index (χ1n) is 8.54. The summed E-state index contributed by atoms with van der Waals surface area (Å²) in [7, 11) is 0. The molecule has 0 saturated heterocycles. The molecule has 1 aliphatic carbocycles. The van der Waals surface area contributed by atoms with Crippen LogP contribution in [-0.2, 0) is 11.3 Å². The lowest BCUT2D eigenvalue weighted by atomic mass is 9.89. The molecule has 1 aliphatic rings. The number of ether oxygens (including phenoxy) is 1. The molecule has 128 valence electrons. The maximum Gasteiger partial charge on any atom is 0.275 e. The number of amides is 1. The summed E-state index contributed by atoms with van der Waals surface area (Å²) in [4.78, 5) is 16.4. The predicted molar refractivity (Wildman–Crippen MR) is 97.5 cm³/mol. The second-order valence-electron chi connectivity index (χ2n) is 6.61. The molecule has 3 rings (SSSR count). The van der Waals surface area contributed by atoms with Crippen LogP contribution in [0.1, 0.15) is 53.7 Å². The Kier molecular flexibility index (Phi) is 5.63. The van der Waals surface area contributed by atoms with Crippen LogP contribution < -0.4 is 5.32 Å². The normalized spacial score (nSPS) is 20.8. The van der Waals surface area contributed by atoms with Crippen LogP contribution in [0, 0.1) is 12.8 Å². The highest BCUT2D eigenvalue weighted by Crippen LogP contribution is 2.26. The zero-order valence-electron chi connectivity index (χ0n) is 14.2. The van der Waals surface area contributed by atoms with E-state index in [1.165, 1.54) is 24.2 Å². The van der Waals surface area contributed by atoms with Crippen molar-refractivity contribution in [2.75, 3.05) is 5.32 Å². The van der Waals surface area contributed by atoms with Gasteiger partial charge in [0.25, 0.3) is 5.91 Å². The molecule has 0 spiro atoms. The summed E-state index contributed by atoms with van der Waals surface area (Å²) < 4.78 is 6.06. The quantitative estimate of drug-likeness (QED) is 0.847. The SMILES string of the molecule is Cc1nc(C(=O)Nc2cccc(CO[C@H]3CCC[C@@H](C)C3)c2)cs1. The number of hydrogen-bond acceptors (Lipinski definition) is 4. The standard InChI is InChI=1S/C19H24N2O2S/c1-13-5-3-8-17(9-13)23-11-15-6-4-7-16(10-15)21-19(22)18-12-24-14(2)20-18/h4,6-7,10,12-13,17H,3,5,8-9,11H2,1-2H3,(H,21,22)/t13-,17+/m1/s1. The third-order valence-corrected chi connectivity index (χ3v) is 5.18. The van der Waals surface area contributed by atoms with Crippen LogP contribution in [0.2, 0.25) is 0 Å². The van der Waals surface area contributed by atoms with E-state index in [2.05, 4.69) is 17.2 Å². The molecule has 0 radical (unpaired) electrons. The number of hydrogen-bond donors (Lipinski definition) is 1. The van der Waals surface area contributed by atoms with Gasteiger partial charge in [-0.25, -0.2) is 4.98 Å². The van der Waals surface area contributed by atoms with E-state index < -0.39 is 0 Å². The van der Waals surface area contributed by atoms with Crippen molar-refractivity contribution in [1.82, 2.24) is 4.98 Å². The maximum absolute atomic E-state index is 12.2. The smallest absolute Gasteiger partial charge is 0.275 e. The van der Waals surface area contributed by atoms with E-state index in [0.29, 0.717) is 18.4 Å². The van der Waals surface area contributed by atoms with Crippen LogP contribution >= 0.6 is 11.3 Å². The summed E-state index contributed by atoms with van der Waals surface area (Å²) in [6.45, 7) is 4.79. The number of carbonyl (C=O) groups excluding carboxylic acids is 1. The van der Waals surface area contributed by atoms with Crippen LogP contribution in [0.15, 0.2) is 29.6 Å². The second-order valence-corrected chi connectivity index (χ2v) is 7.67. The van der Waals surface area contributed by atoms with Gasteiger partial charge in [-0.15, -0.1) is 11.3 Å². The first-order valence-corrected chi connectivity index (χ1v) is 9.42. The first kappa shape index (κ1) is 17.1. The Hall–Kier alpha value is -1.72. The molecule has 0 unspecified atom stereocenters. The van der Waals surface area contributed by atoms with Gasteiger partial charge in [0.2, 0.25) is 0 Å². The lowest BCUT2D eigenvalue weighted by Crippen LogP contribution is -2.21. The zero-order chi connectivity index (χ0) is 16.9. The Bertz CT molecular complexity index is 698. The summed E-state index contributed by atoms with van der Waals surface area (Å²) in [6.07, 6.45) is 5.25. The van der Waals surface area contributed by atoms with Gasteiger partial charge in [0, 0.05) is 11.1 Å². The number of nitrogens with zero attached hydrogens (tertiary/aromatic N) is 1. The lowest BCUT2D eigenvalue weighted by molar-refractivity contribution is 0.00468. The highest BCUT2D eigenvalue weighted by Gasteiger charge is 2.19. The largest absolute Gasteiger partial charge is 0.374 e. The third-order valence-electron chi connectivity index (χ3n) is 4.41. The molecular weight excluding hydrogens is 320 g/mol. The average molecular weight is 344 g/mol. The second kappa shape index (κ2) is 7.90. The Balaban J connectivity index is 1.56. The van der Waals surface area contributed by atoms with E-state index in [9.17, 15) is 4.79 Å². The molecule has 1 heterocycles. The van der Waals surface area contributed by atoms with Gasteiger partial charge in [0.05, 0.1) is 17.7 Å². The first-order chi connectivity index (χ1) is 11.6. The number of rotatable bonds is 5. The Morgan fingerprint density at radius 3 is 3.04 bits per heavy atom. The van der Waals surface area contributed by atoms with E-state index in [-0.39, 0.29) is 5.91 Å². The van der Waals surface area contributed by atoms with Gasteiger partial charge in [-0.3, -0.25) is 4.79 Å². The fourth-order valence-corrected chi connectivity index (χ4v) is 3.74. The minimum atomic E-state index is -0.168. The molecule has 4 nitrogen and oxygen atoms in total. The fourth-order valence-electron chi connectivity index (χ4n) is 3.15. The van der Waals surface area contributed by atoms with Gasteiger partial charge in [0.15, 0.2) is 0 Å². The molecule has 24 heavy (non-hydrogen) atoms. The lowest BCUT2D eigenvalue weighted by Gasteiger charge is -2.26. The highest BCUT2D eigenvalue weighted by molar-refractivity contribution is 7.09. The Morgan fingerprint density at radius 2 is 2.29 bits per heavy atom. The third kappa shape index (κ3) is 4.65. The zero-order valence-corrected chi connectivity index (χ0v) is 15.1. The van der Waals surface area contributed by atoms with Crippen molar-refractivity contribution < 1.29 is 9.53 Å².